The molecule has 0 saturated heterocycles. The van der Waals surface area contributed by atoms with Gasteiger partial charge in [0.05, 0.1) is 6.61 Å². The molecular weight excluding hydrogens is 202 g/mol. The zero-order valence-electron chi connectivity index (χ0n) is 8.83. The highest BCUT2D eigenvalue weighted by Gasteiger charge is 2.14. The summed E-state index contributed by atoms with van der Waals surface area (Å²) in [5, 5.41) is 2.52. The first-order valence-electron chi connectivity index (χ1n) is 4.55. The molecule has 1 unspecified atom stereocenters. The van der Waals surface area contributed by atoms with E-state index in [0.29, 0.717) is 12.5 Å². The second-order valence-electron chi connectivity index (χ2n) is 2.99. The average Bonchev–Trinajstić information content (AvgIpc) is 2.15. The van der Waals surface area contributed by atoms with Gasteiger partial charge < -0.3 is 10.1 Å². The van der Waals surface area contributed by atoms with Gasteiger partial charge in [0.1, 0.15) is 0 Å². The van der Waals surface area contributed by atoms with Crippen LogP contribution in [0.3, 0.4) is 0 Å². The van der Waals surface area contributed by atoms with Crippen molar-refractivity contribution >= 4 is 23.6 Å². The van der Waals surface area contributed by atoms with Crippen LogP contribution in [0, 0.1) is 5.92 Å². The van der Waals surface area contributed by atoms with E-state index in [1.807, 2.05) is 13.2 Å². The van der Waals surface area contributed by atoms with Gasteiger partial charge in [0, 0.05) is 6.54 Å². The lowest BCUT2D eigenvalue weighted by Crippen LogP contribution is -2.35. The molecule has 1 amide bonds. The second kappa shape index (κ2) is 7.67. The molecule has 0 aromatic carbocycles. The van der Waals surface area contributed by atoms with Crippen LogP contribution >= 0.6 is 11.8 Å². The summed E-state index contributed by atoms with van der Waals surface area (Å²) < 4.78 is 4.54. The van der Waals surface area contributed by atoms with Gasteiger partial charge in [0.25, 0.3) is 0 Å². The Balaban J connectivity index is 3.67. The zero-order valence-corrected chi connectivity index (χ0v) is 9.65. The number of hydrogen-bond acceptors (Lipinski definition) is 4. The van der Waals surface area contributed by atoms with E-state index in [2.05, 4.69) is 10.1 Å². The molecule has 0 radical (unpaired) electrons. The molecule has 0 rings (SSSR count). The summed E-state index contributed by atoms with van der Waals surface area (Å²) in [6.45, 7) is 4.43. The lowest BCUT2D eigenvalue weighted by molar-refractivity contribution is -0.154. The summed E-state index contributed by atoms with van der Waals surface area (Å²) in [6.07, 6.45) is 2.00. The minimum absolute atomic E-state index is 0.229. The van der Waals surface area contributed by atoms with E-state index in [1.165, 1.54) is 0 Å². The van der Waals surface area contributed by atoms with Crippen molar-refractivity contribution in [2.24, 2.45) is 5.92 Å². The Kier molecular flexibility index (Phi) is 7.28. The van der Waals surface area contributed by atoms with Gasteiger partial charge in [-0.3, -0.25) is 4.79 Å². The molecule has 0 spiro atoms. The molecule has 0 fully saturated rings. The van der Waals surface area contributed by atoms with Crippen LogP contribution in [0.1, 0.15) is 13.8 Å². The zero-order chi connectivity index (χ0) is 11.0. The number of esters is 1. The Morgan fingerprint density at radius 2 is 2.14 bits per heavy atom. The van der Waals surface area contributed by atoms with Crippen LogP contribution < -0.4 is 5.32 Å². The number of thioether (sulfide) groups is 1. The molecule has 14 heavy (non-hydrogen) atoms. The number of ether oxygens (including phenoxy) is 1. The molecule has 0 saturated carbocycles. The Hall–Kier alpha value is -0.710. The van der Waals surface area contributed by atoms with Crippen LogP contribution in [-0.4, -0.2) is 37.0 Å². The Bertz CT molecular complexity index is 196. The molecular formula is C9H17NO3S. The van der Waals surface area contributed by atoms with E-state index in [4.69, 9.17) is 0 Å². The van der Waals surface area contributed by atoms with Crippen LogP contribution in [0.15, 0.2) is 0 Å². The van der Waals surface area contributed by atoms with Crippen molar-refractivity contribution < 1.29 is 14.3 Å². The fourth-order valence-corrected chi connectivity index (χ4v) is 1.57. The number of carbonyl (C=O) groups excluding carboxylic acids is 2. The third kappa shape index (κ3) is 5.85. The number of rotatable bonds is 5. The van der Waals surface area contributed by atoms with Crippen molar-refractivity contribution in [1.82, 2.24) is 5.32 Å². The van der Waals surface area contributed by atoms with Crippen LogP contribution in [0.4, 0.5) is 0 Å². The van der Waals surface area contributed by atoms with Crippen molar-refractivity contribution in [3.63, 3.8) is 0 Å². The van der Waals surface area contributed by atoms with E-state index in [-0.39, 0.29) is 6.61 Å². The molecule has 0 aliphatic rings. The molecule has 0 heterocycles. The monoisotopic (exact) mass is 219 g/mol. The molecule has 0 aromatic rings. The van der Waals surface area contributed by atoms with Crippen molar-refractivity contribution in [3.05, 3.63) is 0 Å². The van der Waals surface area contributed by atoms with Gasteiger partial charge in [0.15, 0.2) is 0 Å². The van der Waals surface area contributed by atoms with Gasteiger partial charge in [-0.05, 0) is 24.9 Å². The third-order valence-corrected chi connectivity index (χ3v) is 2.43. The lowest BCUT2D eigenvalue weighted by Gasteiger charge is -2.10. The summed E-state index contributed by atoms with van der Waals surface area (Å²) in [7, 11) is 0. The van der Waals surface area contributed by atoms with E-state index >= 15 is 0 Å². The minimum Gasteiger partial charge on any atom is -0.459 e. The van der Waals surface area contributed by atoms with Crippen LogP contribution in [0.2, 0.25) is 0 Å². The van der Waals surface area contributed by atoms with Gasteiger partial charge >= 0.3 is 11.9 Å². The molecule has 0 bridgehead atoms. The van der Waals surface area contributed by atoms with Gasteiger partial charge in [-0.25, -0.2) is 4.79 Å². The highest BCUT2D eigenvalue weighted by atomic mass is 32.2. The predicted octanol–water partition coefficient (Wildman–Crippen LogP) is 0.665. The largest absolute Gasteiger partial charge is 0.459 e. The minimum atomic E-state index is -0.802. The second-order valence-corrected chi connectivity index (χ2v) is 3.90. The quantitative estimate of drug-likeness (QED) is 0.545. The maximum Gasteiger partial charge on any atom is 0.396 e. The number of hydrogen-bond donors (Lipinski definition) is 1. The first-order chi connectivity index (χ1) is 6.61. The fraction of sp³-hybridized carbons (Fsp3) is 0.778. The molecule has 82 valence electrons. The van der Waals surface area contributed by atoms with Crippen molar-refractivity contribution in [2.45, 2.75) is 13.8 Å². The average molecular weight is 219 g/mol. The highest BCUT2D eigenvalue weighted by Crippen LogP contribution is 2.02. The van der Waals surface area contributed by atoms with E-state index in [9.17, 15) is 9.59 Å². The van der Waals surface area contributed by atoms with Crippen molar-refractivity contribution in [3.8, 4) is 0 Å². The van der Waals surface area contributed by atoms with Crippen LogP contribution in [-0.2, 0) is 14.3 Å². The number of nitrogens with one attached hydrogen (secondary N) is 1. The highest BCUT2D eigenvalue weighted by molar-refractivity contribution is 7.98. The Morgan fingerprint density at radius 1 is 1.50 bits per heavy atom. The lowest BCUT2D eigenvalue weighted by atomic mass is 10.2. The Morgan fingerprint density at radius 3 is 2.64 bits per heavy atom. The molecule has 5 heteroatoms. The third-order valence-electron chi connectivity index (χ3n) is 1.52. The molecule has 0 aliphatic heterocycles. The van der Waals surface area contributed by atoms with Crippen LogP contribution in [0.5, 0.6) is 0 Å². The molecule has 4 nitrogen and oxygen atoms in total. The van der Waals surface area contributed by atoms with E-state index in [1.54, 1.807) is 18.7 Å². The topological polar surface area (TPSA) is 55.4 Å². The normalized spacial score (nSPS) is 11.9. The standard InChI is InChI=1S/C9H17NO3S/c1-4-13-9(12)8(11)10-5-7(2)6-14-3/h7H,4-6H2,1-3H3,(H,10,11). The van der Waals surface area contributed by atoms with Crippen LogP contribution in [0.25, 0.3) is 0 Å². The summed E-state index contributed by atoms with van der Waals surface area (Å²) in [5.74, 6) is -0.129. The number of amides is 1. The molecule has 0 aliphatic carbocycles. The maximum absolute atomic E-state index is 11.0. The van der Waals surface area contributed by atoms with E-state index < -0.39 is 11.9 Å². The maximum atomic E-state index is 11.0. The SMILES string of the molecule is CCOC(=O)C(=O)NCC(C)CSC. The molecule has 1 N–H and O–H groups in total. The van der Waals surface area contributed by atoms with Crippen molar-refractivity contribution in [2.75, 3.05) is 25.2 Å². The summed E-state index contributed by atoms with van der Waals surface area (Å²) in [6, 6.07) is 0. The smallest absolute Gasteiger partial charge is 0.396 e. The van der Waals surface area contributed by atoms with Crippen molar-refractivity contribution in [1.29, 1.82) is 0 Å². The number of carbonyl (C=O) groups is 2. The summed E-state index contributed by atoms with van der Waals surface area (Å²) >= 11 is 1.71. The summed E-state index contributed by atoms with van der Waals surface area (Å²) in [5.41, 5.74) is 0. The Labute approximate surface area is 88.8 Å². The fourth-order valence-electron chi connectivity index (χ4n) is 0.879. The first kappa shape index (κ1) is 13.3. The molecule has 0 aromatic heterocycles. The van der Waals surface area contributed by atoms with Gasteiger partial charge in [0.2, 0.25) is 0 Å². The predicted molar refractivity (Wildman–Crippen MR) is 57.2 cm³/mol. The van der Waals surface area contributed by atoms with Gasteiger partial charge in [-0.1, -0.05) is 6.92 Å². The van der Waals surface area contributed by atoms with Gasteiger partial charge in [-0.2, -0.15) is 11.8 Å². The van der Waals surface area contributed by atoms with Gasteiger partial charge in [-0.15, -0.1) is 0 Å². The van der Waals surface area contributed by atoms with E-state index in [0.717, 1.165) is 5.75 Å². The summed E-state index contributed by atoms with van der Waals surface area (Å²) in [4.78, 5) is 21.9. The first-order valence-corrected chi connectivity index (χ1v) is 5.95. The molecule has 1 atom stereocenters.